The lowest BCUT2D eigenvalue weighted by Crippen LogP contribution is -2.34. The molecule has 3 unspecified atom stereocenters. The number of amides is 2. The maximum atomic E-state index is 11.8. The SMILES string of the molecule is CC(=CC(O)COC(=O)NCCC(C)(C)CC(C)CNC(=O)OCC(O)C=C(C)C(=O)O)C(=O)O. The van der Waals surface area contributed by atoms with Gasteiger partial charge in [0.15, 0.2) is 0 Å². The molecule has 0 saturated heterocycles. The molecule has 0 aliphatic heterocycles. The molecule has 12 heteroatoms. The van der Waals surface area contributed by atoms with Gasteiger partial charge in [-0.05, 0) is 50.2 Å². The van der Waals surface area contributed by atoms with E-state index in [1.165, 1.54) is 13.8 Å². The van der Waals surface area contributed by atoms with E-state index in [-0.39, 0.29) is 35.7 Å². The first-order chi connectivity index (χ1) is 16.1. The lowest BCUT2D eigenvalue weighted by atomic mass is 9.80. The van der Waals surface area contributed by atoms with Crippen molar-refractivity contribution in [2.45, 2.75) is 59.7 Å². The number of aliphatic carboxylic acids is 2. The van der Waals surface area contributed by atoms with Gasteiger partial charge in [0.1, 0.15) is 25.4 Å². The van der Waals surface area contributed by atoms with E-state index in [9.17, 15) is 29.4 Å². The second kappa shape index (κ2) is 15.7. The minimum atomic E-state index is -1.22. The predicted octanol–water partition coefficient (Wildman–Crippen LogP) is 1.66. The number of nitrogens with one attached hydrogen (secondary N) is 2. The predicted molar refractivity (Wildman–Crippen MR) is 126 cm³/mol. The van der Waals surface area contributed by atoms with Gasteiger partial charge in [0.05, 0.1) is 0 Å². The third kappa shape index (κ3) is 16.2. The first kappa shape index (κ1) is 31.9. The molecule has 0 spiro atoms. The third-order valence-electron chi connectivity index (χ3n) is 4.90. The Morgan fingerprint density at radius 3 is 1.71 bits per heavy atom. The zero-order valence-electron chi connectivity index (χ0n) is 20.9. The molecule has 6 N–H and O–H groups in total. The van der Waals surface area contributed by atoms with E-state index in [0.29, 0.717) is 25.9 Å². The number of carbonyl (C=O) groups excluding carboxylic acids is 2. The van der Waals surface area contributed by atoms with E-state index in [0.717, 1.165) is 12.2 Å². The van der Waals surface area contributed by atoms with Crippen LogP contribution in [0.2, 0.25) is 0 Å². The molecular formula is C23H38N2O10. The summed E-state index contributed by atoms with van der Waals surface area (Å²) in [4.78, 5) is 45.0. The number of ether oxygens (including phenoxy) is 2. The van der Waals surface area contributed by atoms with Crippen LogP contribution in [0.3, 0.4) is 0 Å². The Labute approximate surface area is 205 Å². The second-order valence-electron chi connectivity index (χ2n) is 9.17. The molecule has 0 heterocycles. The number of aliphatic hydroxyl groups excluding tert-OH is 2. The molecule has 35 heavy (non-hydrogen) atoms. The van der Waals surface area contributed by atoms with Crippen LogP contribution in [0.1, 0.15) is 47.5 Å². The van der Waals surface area contributed by atoms with Crippen LogP contribution in [-0.4, -0.2) is 83.1 Å². The van der Waals surface area contributed by atoms with Gasteiger partial charge < -0.3 is 40.5 Å². The second-order valence-corrected chi connectivity index (χ2v) is 9.17. The fraction of sp³-hybridized carbons (Fsp3) is 0.652. The molecule has 2 amide bonds. The first-order valence-corrected chi connectivity index (χ1v) is 11.1. The van der Waals surface area contributed by atoms with Gasteiger partial charge in [-0.1, -0.05) is 20.8 Å². The molecule has 0 aromatic rings. The van der Waals surface area contributed by atoms with Gasteiger partial charge in [0.25, 0.3) is 0 Å². The van der Waals surface area contributed by atoms with E-state index in [2.05, 4.69) is 10.6 Å². The van der Waals surface area contributed by atoms with Gasteiger partial charge in [-0.2, -0.15) is 0 Å². The fourth-order valence-corrected chi connectivity index (χ4v) is 3.12. The molecule has 0 rings (SSSR count). The summed E-state index contributed by atoms with van der Waals surface area (Å²) >= 11 is 0. The monoisotopic (exact) mass is 502 g/mol. The minimum Gasteiger partial charge on any atom is -0.478 e. The maximum Gasteiger partial charge on any atom is 0.407 e. The molecule has 0 fully saturated rings. The number of carboxylic acids is 2. The van der Waals surface area contributed by atoms with Gasteiger partial charge in [-0.3, -0.25) is 0 Å². The van der Waals surface area contributed by atoms with Crippen LogP contribution in [0.4, 0.5) is 9.59 Å². The molecule has 0 bridgehead atoms. The Hall–Kier alpha value is -3.12. The van der Waals surface area contributed by atoms with Crippen molar-refractivity contribution in [3.8, 4) is 0 Å². The van der Waals surface area contributed by atoms with E-state index >= 15 is 0 Å². The lowest BCUT2D eigenvalue weighted by molar-refractivity contribution is -0.133. The van der Waals surface area contributed by atoms with Crippen molar-refractivity contribution < 1.29 is 49.1 Å². The van der Waals surface area contributed by atoms with E-state index in [1.807, 2.05) is 20.8 Å². The molecule has 200 valence electrons. The maximum absolute atomic E-state index is 11.8. The summed E-state index contributed by atoms with van der Waals surface area (Å²) < 4.78 is 9.75. The summed E-state index contributed by atoms with van der Waals surface area (Å²) in [5.41, 5.74) is -0.296. The molecular weight excluding hydrogens is 464 g/mol. The number of hydrogen-bond donors (Lipinski definition) is 6. The summed E-state index contributed by atoms with van der Waals surface area (Å²) in [6.07, 6.45) is -0.398. The van der Waals surface area contributed by atoms with Crippen LogP contribution in [0.5, 0.6) is 0 Å². The first-order valence-electron chi connectivity index (χ1n) is 11.1. The third-order valence-corrected chi connectivity index (χ3v) is 4.90. The van der Waals surface area contributed by atoms with Crippen LogP contribution in [0.25, 0.3) is 0 Å². The summed E-state index contributed by atoms with van der Waals surface area (Å²) in [7, 11) is 0. The summed E-state index contributed by atoms with van der Waals surface area (Å²) in [5.74, 6) is -2.27. The van der Waals surface area contributed by atoms with Gasteiger partial charge in [0.2, 0.25) is 0 Å². The van der Waals surface area contributed by atoms with Crippen molar-refractivity contribution in [3.05, 3.63) is 23.3 Å². The number of carboxylic acid groups (broad SMARTS) is 2. The van der Waals surface area contributed by atoms with Gasteiger partial charge in [-0.15, -0.1) is 0 Å². The lowest BCUT2D eigenvalue weighted by Gasteiger charge is -2.28. The number of rotatable bonds is 15. The van der Waals surface area contributed by atoms with Crippen molar-refractivity contribution in [1.82, 2.24) is 10.6 Å². The number of alkyl carbamates (subject to hydrolysis) is 2. The van der Waals surface area contributed by atoms with Crippen molar-refractivity contribution in [2.75, 3.05) is 26.3 Å². The van der Waals surface area contributed by atoms with Crippen LogP contribution < -0.4 is 10.6 Å². The Balaban J connectivity index is 4.23. The molecule has 0 aliphatic rings. The fourth-order valence-electron chi connectivity index (χ4n) is 3.12. The highest BCUT2D eigenvalue weighted by atomic mass is 16.6. The molecule has 0 aromatic carbocycles. The standard InChI is InChI=1S/C23H38N2O10/c1-14(11-25-22(33)35-13-18(27)9-16(3)20(30)31)10-23(4,5)6-7-24-21(32)34-12-17(26)8-15(2)19(28)29/h8-9,14,17-18,26-27H,6-7,10-13H2,1-5H3,(H,24,32)(H,25,33)(H,28,29)(H,30,31). The average molecular weight is 503 g/mol. The average Bonchev–Trinajstić information content (AvgIpc) is 2.74. The Morgan fingerprint density at radius 2 is 1.29 bits per heavy atom. The van der Waals surface area contributed by atoms with Gasteiger partial charge >= 0.3 is 24.1 Å². The Kier molecular flexibility index (Phi) is 14.3. The molecule has 12 nitrogen and oxygen atoms in total. The zero-order valence-corrected chi connectivity index (χ0v) is 20.9. The van der Waals surface area contributed by atoms with E-state index in [4.69, 9.17) is 19.7 Å². The quantitative estimate of drug-likeness (QED) is 0.179. The Bertz CT molecular complexity index is 791. The highest BCUT2D eigenvalue weighted by Crippen LogP contribution is 2.28. The molecule has 0 aromatic heterocycles. The van der Waals surface area contributed by atoms with Crippen molar-refractivity contribution in [2.24, 2.45) is 11.3 Å². The minimum absolute atomic E-state index is 0.0549. The van der Waals surface area contributed by atoms with Crippen LogP contribution >= 0.6 is 0 Å². The number of aliphatic hydroxyl groups is 2. The van der Waals surface area contributed by atoms with Gasteiger partial charge in [-0.25, -0.2) is 19.2 Å². The van der Waals surface area contributed by atoms with Crippen LogP contribution in [0.15, 0.2) is 23.3 Å². The van der Waals surface area contributed by atoms with E-state index in [1.54, 1.807) is 0 Å². The highest BCUT2D eigenvalue weighted by Gasteiger charge is 2.22. The summed E-state index contributed by atoms with van der Waals surface area (Å²) in [6.45, 7) is 8.48. The molecule has 0 radical (unpaired) electrons. The largest absolute Gasteiger partial charge is 0.478 e. The number of carbonyl (C=O) groups is 4. The smallest absolute Gasteiger partial charge is 0.407 e. The topological polar surface area (TPSA) is 192 Å². The zero-order chi connectivity index (χ0) is 27.2. The van der Waals surface area contributed by atoms with E-state index < -0.39 is 36.3 Å². The van der Waals surface area contributed by atoms with Crippen molar-refractivity contribution in [3.63, 3.8) is 0 Å². The highest BCUT2D eigenvalue weighted by molar-refractivity contribution is 5.86. The molecule has 0 aliphatic carbocycles. The summed E-state index contributed by atoms with van der Waals surface area (Å²) in [6, 6.07) is 0. The molecule has 3 atom stereocenters. The van der Waals surface area contributed by atoms with Crippen molar-refractivity contribution in [1.29, 1.82) is 0 Å². The normalized spacial score (nSPS) is 14.9. The van der Waals surface area contributed by atoms with Gasteiger partial charge in [0, 0.05) is 24.2 Å². The number of hydrogen-bond acceptors (Lipinski definition) is 8. The summed E-state index contributed by atoms with van der Waals surface area (Å²) in [5, 5.41) is 42.0. The molecule has 0 saturated carbocycles. The van der Waals surface area contributed by atoms with Crippen LogP contribution in [0, 0.1) is 11.3 Å². The van der Waals surface area contributed by atoms with Crippen LogP contribution in [-0.2, 0) is 19.1 Å². The van der Waals surface area contributed by atoms with Crippen molar-refractivity contribution >= 4 is 24.1 Å². The Morgan fingerprint density at radius 1 is 0.857 bits per heavy atom.